The molecular formula is C9H19NO2. The van der Waals surface area contributed by atoms with Crippen molar-refractivity contribution in [2.24, 2.45) is 16.5 Å². The highest BCUT2D eigenvalue weighted by atomic mass is 16.5. The Labute approximate surface area is 74.5 Å². The smallest absolute Gasteiger partial charge is 0.0923 e. The third-order valence-corrected chi connectivity index (χ3v) is 2.64. The molecule has 0 saturated heterocycles. The Kier molecular flexibility index (Phi) is 4.39. The summed E-state index contributed by atoms with van der Waals surface area (Å²) in [5.74, 6) is 0.245. The Hall–Kier alpha value is -0.440. The third kappa shape index (κ3) is 2.89. The highest BCUT2D eigenvalue weighted by molar-refractivity contribution is 4.81. The maximum atomic E-state index is 10.3. The maximum absolute atomic E-state index is 10.3. The van der Waals surface area contributed by atoms with Crippen LogP contribution in [0.1, 0.15) is 27.7 Å². The molecule has 0 aliphatic carbocycles. The van der Waals surface area contributed by atoms with E-state index in [-0.39, 0.29) is 17.4 Å². The maximum Gasteiger partial charge on any atom is 0.0923 e. The molecule has 0 fully saturated rings. The van der Waals surface area contributed by atoms with Gasteiger partial charge in [-0.15, -0.1) is 0 Å². The largest absolute Gasteiger partial charge is 0.384 e. The summed E-state index contributed by atoms with van der Waals surface area (Å²) in [4.78, 5) is 10.3. The highest BCUT2D eigenvalue weighted by Crippen LogP contribution is 2.30. The van der Waals surface area contributed by atoms with Crippen molar-refractivity contribution < 1.29 is 4.74 Å². The van der Waals surface area contributed by atoms with E-state index in [1.165, 1.54) is 0 Å². The van der Waals surface area contributed by atoms with Crippen molar-refractivity contribution in [3.63, 3.8) is 0 Å². The zero-order chi connectivity index (χ0) is 9.78. The summed E-state index contributed by atoms with van der Waals surface area (Å²) in [6.45, 7) is 8.71. The Morgan fingerprint density at radius 3 is 2.25 bits per heavy atom. The fraction of sp³-hybridized carbons (Fsp3) is 1.00. The van der Waals surface area contributed by atoms with E-state index in [0.717, 1.165) is 0 Å². The van der Waals surface area contributed by atoms with Crippen LogP contribution < -0.4 is 0 Å². The first-order chi connectivity index (χ1) is 5.45. The molecule has 0 aliphatic heterocycles. The van der Waals surface area contributed by atoms with Gasteiger partial charge >= 0.3 is 0 Å². The van der Waals surface area contributed by atoms with Crippen LogP contribution in [0.25, 0.3) is 0 Å². The molecule has 0 N–H and O–H groups in total. The van der Waals surface area contributed by atoms with Gasteiger partial charge in [0.25, 0.3) is 0 Å². The topological polar surface area (TPSA) is 38.7 Å². The third-order valence-electron chi connectivity index (χ3n) is 2.64. The number of hydrogen-bond acceptors (Lipinski definition) is 3. The molecule has 12 heavy (non-hydrogen) atoms. The Balaban J connectivity index is 4.22. The van der Waals surface area contributed by atoms with Crippen LogP contribution in [0.3, 0.4) is 0 Å². The highest BCUT2D eigenvalue weighted by Gasteiger charge is 2.30. The van der Waals surface area contributed by atoms with Gasteiger partial charge in [0.1, 0.15) is 0 Å². The summed E-state index contributed by atoms with van der Waals surface area (Å²) in [7, 11) is 1.67. The standard InChI is InChI=1S/C9H19NO2/c1-7(8(2)10-11)9(3,4)6-12-5/h7-8H,6H2,1-5H3. The van der Waals surface area contributed by atoms with Crippen LogP contribution in [0.5, 0.6) is 0 Å². The van der Waals surface area contributed by atoms with Crippen molar-refractivity contribution in [2.45, 2.75) is 33.7 Å². The fourth-order valence-corrected chi connectivity index (χ4v) is 1.25. The zero-order valence-electron chi connectivity index (χ0n) is 8.63. The average molecular weight is 173 g/mol. The second-order valence-electron chi connectivity index (χ2n) is 4.06. The van der Waals surface area contributed by atoms with E-state index < -0.39 is 0 Å². The van der Waals surface area contributed by atoms with Crippen LogP contribution in [0, 0.1) is 16.2 Å². The van der Waals surface area contributed by atoms with E-state index in [0.29, 0.717) is 6.61 Å². The number of rotatable bonds is 5. The van der Waals surface area contributed by atoms with Crippen molar-refractivity contribution in [3.8, 4) is 0 Å². The van der Waals surface area contributed by atoms with Gasteiger partial charge in [0.15, 0.2) is 0 Å². The number of nitrogens with zero attached hydrogens (tertiary/aromatic N) is 1. The lowest BCUT2D eigenvalue weighted by atomic mass is 9.77. The average Bonchev–Trinajstić information content (AvgIpc) is 2.01. The molecule has 3 nitrogen and oxygen atoms in total. The predicted molar refractivity (Wildman–Crippen MR) is 50.1 cm³/mol. The van der Waals surface area contributed by atoms with E-state index in [1.807, 2.05) is 13.8 Å². The molecule has 0 heterocycles. The SMILES string of the molecule is COCC(C)(C)C(C)C(C)N=O. The minimum atomic E-state index is -0.143. The first-order valence-electron chi connectivity index (χ1n) is 4.27. The van der Waals surface area contributed by atoms with Gasteiger partial charge in [-0.1, -0.05) is 25.9 Å². The van der Waals surface area contributed by atoms with Gasteiger partial charge in [-0.25, -0.2) is 0 Å². The second kappa shape index (κ2) is 4.55. The first-order valence-corrected chi connectivity index (χ1v) is 4.27. The lowest BCUT2D eigenvalue weighted by Crippen LogP contribution is -2.32. The zero-order valence-corrected chi connectivity index (χ0v) is 8.63. The van der Waals surface area contributed by atoms with E-state index in [9.17, 15) is 4.91 Å². The van der Waals surface area contributed by atoms with Gasteiger partial charge in [-0.2, -0.15) is 4.91 Å². The normalized spacial score (nSPS) is 17.1. The number of methoxy groups -OCH3 is 1. The van der Waals surface area contributed by atoms with Crippen LogP contribution in [0.15, 0.2) is 5.18 Å². The van der Waals surface area contributed by atoms with Crippen molar-refractivity contribution in [2.75, 3.05) is 13.7 Å². The monoisotopic (exact) mass is 173 g/mol. The molecule has 0 aromatic heterocycles. The van der Waals surface area contributed by atoms with E-state index >= 15 is 0 Å². The van der Waals surface area contributed by atoms with Crippen molar-refractivity contribution in [1.29, 1.82) is 0 Å². The summed E-state index contributed by atoms with van der Waals surface area (Å²) in [5, 5.41) is 3.03. The summed E-state index contributed by atoms with van der Waals surface area (Å²) in [6.07, 6.45) is 0. The lowest BCUT2D eigenvalue weighted by molar-refractivity contribution is 0.0581. The minimum Gasteiger partial charge on any atom is -0.384 e. The summed E-state index contributed by atoms with van der Waals surface area (Å²) in [6, 6.07) is -0.143. The van der Waals surface area contributed by atoms with Gasteiger partial charge in [0.2, 0.25) is 0 Å². The molecule has 0 bridgehead atoms. The van der Waals surface area contributed by atoms with Crippen LogP contribution in [-0.4, -0.2) is 19.8 Å². The molecule has 0 amide bonds. The quantitative estimate of drug-likeness (QED) is 0.599. The molecule has 72 valence electrons. The second-order valence-corrected chi connectivity index (χ2v) is 4.06. The molecule has 0 rings (SSSR count). The van der Waals surface area contributed by atoms with Crippen LogP contribution in [0.2, 0.25) is 0 Å². The number of nitroso groups, excluding NO2 is 1. The van der Waals surface area contributed by atoms with E-state index in [4.69, 9.17) is 4.74 Å². The predicted octanol–water partition coefficient (Wildman–Crippen LogP) is 2.45. The Morgan fingerprint density at radius 1 is 1.42 bits per heavy atom. The van der Waals surface area contributed by atoms with Crippen LogP contribution in [-0.2, 0) is 4.74 Å². The number of ether oxygens (including phenoxy) is 1. The van der Waals surface area contributed by atoms with Crippen LogP contribution >= 0.6 is 0 Å². The van der Waals surface area contributed by atoms with Gasteiger partial charge < -0.3 is 4.74 Å². The molecule has 3 heteroatoms. The lowest BCUT2D eigenvalue weighted by Gasteiger charge is -2.32. The van der Waals surface area contributed by atoms with E-state index in [1.54, 1.807) is 7.11 Å². The van der Waals surface area contributed by atoms with Crippen LogP contribution in [0.4, 0.5) is 0 Å². The molecule has 2 atom stereocenters. The van der Waals surface area contributed by atoms with Crippen molar-refractivity contribution in [1.82, 2.24) is 0 Å². The molecule has 0 saturated carbocycles. The fourth-order valence-electron chi connectivity index (χ4n) is 1.25. The molecule has 0 aliphatic rings. The van der Waals surface area contributed by atoms with Gasteiger partial charge in [-0.05, 0) is 18.3 Å². The molecular weight excluding hydrogens is 154 g/mol. The molecule has 0 radical (unpaired) electrons. The summed E-state index contributed by atoms with van der Waals surface area (Å²) < 4.78 is 5.08. The van der Waals surface area contributed by atoms with Crippen molar-refractivity contribution >= 4 is 0 Å². The molecule has 0 spiro atoms. The number of hydrogen-bond donors (Lipinski definition) is 0. The Morgan fingerprint density at radius 2 is 1.92 bits per heavy atom. The molecule has 0 aromatic carbocycles. The van der Waals surface area contributed by atoms with Gasteiger partial charge in [-0.3, -0.25) is 0 Å². The molecule has 2 unspecified atom stereocenters. The van der Waals surface area contributed by atoms with E-state index in [2.05, 4.69) is 19.0 Å². The molecule has 0 aromatic rings. The summed E-state index contributed by atoms with van der Waals surface area (Å²) in [5.41, 5.74) is 0.0159. The van der Waals surface area contributed by atoms with Crippen molar-refractivity contribution in [3.05, 3.63) is 4.91 Å². The first kappa shape index (κ1) is 11.6. The summed E-state index contributed by atoms with van der Waals surface area (Å²) >= 11 is 0. The van der Waals surface area contributed by atoms with Gasteiger partial charge in [0, 0.05) is 7.11 Å². The Bertz CT molecular complexity index is 145. The minimum absolute atomic E-state index is 0.0159. The van der Waals surface area contributed by atoms with Gasteiger partial charge in [0.05, 0.1) is 12.6 Å².